The molecule has 6 nitrogen and oxygen atoms in total. The minimum absolute atomic E-state index is 0.0197. The van der Waals surface area contributed by atoms with Gasteiger partial charge in [-0.1, -0.05) is 17.4 Å². The summed E-state index contributed by atoms with van der Waals surface area (Å²) in [6.07, 6.45) is 3.38. The molecule has 5 rings (SSSR count). The van der Waals surface area contributed by atoms with Crippen molar-refractivity contribution in [2.75, 3.05) is 37.9 Å². The van der Waals surface area contributed by atoms with Crippen molar-refractivity contribution in [3.05, 3.63) is 53.9 Å². The van der Waals surface area contributed by atoms with Gasteiger partial charge < -0.3 is 19.3 Å². The van der Waals surface area contributed by atoms with Crippen molar-refractivity contribution in [2.45, 2.75) is 0 Å². The van der Waals surface area contributed by atoms with Crippen LogP contribution >= 0.6 is 11.3 Å². The summed E-state index contributed by atoms with van der Waals surface area (Å²) in [5.74, 6) is 1.15. The van der Waals surface area contributed by atoms with Gasteiger partial charge in [0.15, 0.2) is 16.6 Å². The summed E-state index contributed by atoms with van der Waals surface area (Å²) >= 11 is 1.48. The Balaban J connectivity index is 1.21. The summed E-state index contributed by atoms with van der Waals surface area (Å²) in [4.78, 5) is 21.1. The number of piperazine rings is 1. The topological polar surface area (TPSA) is 54.9 Å². The van der Waals surface area contributed by atoms with Crippen molar-refractivity contribution < 1.29 is 18.7 Å². The maximum atomic E-state index is 13.4. The lowest BCUT2D eigenvalue weighted by Crippen LogP contribution is -2.48. The molecule has 0 N–H and O–H groups in total. The standard InChI is InChI=1S/C21H18FN3O3S/c22-15-3-4-16-19(12-15)29-21(23-16)25-9-7-24(8-10-25)20(26)6-2-14-1-5-17-18(11-14)28-13-27-17/h1-6,11-12H,7-10,13H2/b6-2-. The van der Waals surface area contributed by atoms with Gasteiger partial charge in [-0.3, -0.25) is 4.79 Å². The highest BCUT2D eigenvalue weighted by molar-refractivity contribution is 7.22. The molecule has 0 radical (unpaired) electrons. The van der Waals surface area contributed by atoms with E-state index in [-0.39, 0.29) is 18.5 Å². The largest absolute Gasteiger partial charge is 0.454 e. The number of amides is 1. The van der Waals surface area contributed by atoms with Crippen LogP contribution in [0.1, 0.15) is 5.56 Å². The zero-order valence-corrected chi connectivity index (χ0v) is 16.3. The second-order valence-electron chi connectivity index (χ2n) is 6.87. The molecule has 0 saturated carbocycles. The number of carbonyl (C=O) groups is 1. The zero-order valence-electron chi connectivity index (χ0n) is 15.5. The number of ether oxygens (including phenoxy) is 2. The summed E-state index contributed by atoms with van der Waals surface area (Å²) in [6.45, 7) is 2.87. The molecule has 3 aromatic rings. The summed E-state index contributed by atoms with van der Waals surface area (Å²) in [7, 11) is 0. The van der Waals surface area contributed by atoms with E-state index in [2.05, 4.69) is 9.88 Å². The first-order valence-electron chi connectivity index (χ1n) is 9.33. The fourth-order valence-electron chi connectivity index (χ4n) is 3.43. The lowest BCUT2D eigenvalue weighted by atomic mass is 10.2. The average Bonchev–Trinajstić information content (AvgIpc) is 3.38. The first-order valence-corrected chi connectivity index (χ1v) is 10.1. The molecule has 1 fully saturated rings. The molecule has 0 atom stereocenters. The SMILES string of the molecule is O=C(/C=C\c1ccc2c(c1)OCO2)N1CCN(c2nc3ccc(F)cc3s2)CC1. The summed E-state index contributed by atoms with van der Waals surface area (Å²) < 4.78 is 24.9. The Kier molecular flexibility index (Phi) is 4.55. The number of halogens is 1. The summed E-state index contributed by atoms with van der Waals surface area (Å²) in [5, 5.41) is 0.869. The normalized spacial score (nSPS) is 16.2. The molecule has 0 spiro atoms. The van der Waals surface area contributed by atoms with E-state index in [4.69, 9.17) is 9.47 Å². The van der Waals surface area contributed by atoms with Crippen LogP contribution in [-0.4, -0.2) is 48.8 Å². The van der Waals surface area contributed by atoms with Crippen LogP contribution < -0.4 is 14.4 Å². The molecule has 2 aromatic carbocycles. The Morgan fingerprint density at radius 3 is 2.76 bits per heavy atom. The quantitative estimate of drug-likeness (QED) is 0.618. The number of nitrogens with zero attached hydrogens (tertiary/aromatic N) is 3. The van der Waals surface area contributed by atoms with Gasteiger partial charge in [0.25, 0.3) is 0 Å². The van der Waals surface area contributed by atoms with Crippen LogP contribution in [0.2, 0.25) is 0 Å². The van der Waals surface area contributed by atoms with Crippen molar-refractivity contribution in [3.63, 3.8) is 0 Å². The third kappa shape index (κ3) is 3.63. The van der Waals surface area contributed by atoms with Crippen LogP contribution in [0.4, 0.5) is 9.52 Å². The van der Waals surface area contributed by atoms with Gasteiger partial charge in [-0.15, -0.1) is 0 Å². The first-order chi connectivity index (χ1) is 14.2. The number of thiazole rings is 1. The van der Waals surface area contributed by atoms with Gasteiger partial charge >= 0.3 is 0 Å². The molecule has 1 saturated heterocycles. The molecule has 8 heteroatoms. The van der Waals surface area contributed by atoms with Crippen LogP contribution in [0.5, 0.6) is 11.5 Å². The number of aromatic nitrogens is 1. The monoisotopic (exact) mass is 411 g/mol. The minimum Gasteiger partial charge on any atom is -0.454 e. The van der Waals surface area contributed by atoms with Gasteiger partial charge in [0.05, 0.1) is 10.2 Å². The van der Waals surface area contributed by atoms with Crippen molar-refractivity contribution in [1.82, 2.24) is 9.88 Å². The van der Waals surface area contributed by atoms with E-state index in [1.807, 2.05) is 23.1 Å². The molecule has 148 valence electrons. The van der Waals surface area contributed by atoms with Crippen LogP contribution in [0.25, 0.3) is 16.3 Å². The molecule has 0 aliphatic carbocycles. The third-order valence-corrected chi connectivity index (χ3v) is 6.10. The van der Waals surface area contributed by atoms with Crippen LogP contribution in [0.3, 0.4) is 0 Å². The highest BCUT2D eigenvalue weighted by Gasteiger charge is 2.22. The maximum Gasteiger partial charge on any atom is 0.246 e. The van der Waals surface area contributed by atoms with Gasteiger partial charge in [0.1, 0.15) is 5.82 Å². The summed E-state index contributed by atoms with van der Waals surface area (Å²) in [6, 6.07) is 10.2. The highest BCUT2D eigenvalue weighted by Crippen LogP contribution is 2.33. The maximum absolute atomic E-state index is 13.4. The van der Waals surface area contributed by atoms with Gasteiger partial charge in [-0.2, -0.15) is 0 Å². The fraction of sp³-hybridized carbons (Fsp3) is 0.238. The molecule has 0 unspecified atom stereocenters. The Hall–Kier alpha value is -3.13. The van der Waals surface area contributed by atoms with Gasteiger partial charge in [0.2, 0.25) is 12.7 Å². The Bertz CT molecular complexity index is 1110. The van der Waals surface area contributed by atoms with Gasteiger partial charge in [-0.25, -0.2) is 9.37 Å². The molecular formula is C21H18FN3O3S. The Morgan fingerprint density at radius 1 is 1.07 bits per heavy atom. The number of fused-ring (bicyclic) bond motifs is 2. The van der Waals surface area contributed by atoms with Crippen molar-refractivity contribution in [2.24, 2.45) is 0 Å². The van der Waals surface area contributed by atoms with E-state index in [0.29, 0.717) is 31.9 Å². The Labute approximate surface area is 170 Å². The molecule has 29 heavy (non-hydrogen) atoms. The van der Waals surface area contributed by atoms with Crippen molar-refractivity contribution in [3.8, 4) is 11.5 Å². The second-order valence-corrected chi connectivity index (χ2v) is 7.88. The molecule has 1 aromatic heterocycles. The molecule has 2 aliphatic heterocycles. The lowest BCUT2D eigenvalue weighted by molar-refractivity contribution is -0.126. The molecule has 1 amide bonds. The van der Waals surface area contributed by atoms with E-state index < -0.39 is 0 Å². The second kappa shape index (κ2) is 7.36. The highest BCUT2D eigenvalue weighted by atomic mass is 32.1. The number of hydrogen-bond donors (Lipinski definition) is 0. The van der Waals surface area contributed by atoms with Crippen molar-refractivity contribution in [1.29, 1.82) is 0 Å². The van der Waals surface area contributed by atoms with E-state index in [9.17, 15) is 9.18 Å². The zero-order chi connectivity index (χ0) is 19.8. The van der Waals surface area contributed by atoms with Gasteiger partial charge in [0, 0.05) is 32.3 Å². The van der Waals surface area contributed by atoms with Crippen LogP contribution in [0.15, 0.2) is 42.5 Å². The number of rotatable bonds is 3. The van der Waals surface area contributed by atoms with Crippen LogP contribution in [0, 0.1) is 5.82 Å². The van der Waals surface area contributed by atoms with Gasteiger partial charge in [-0.05, 0) is 42.0 Å². The lowest BCUT2D eigenvalue weighted by Gasteiger charge is -2.34. The smallest absolute Gasteiger partial charge is 0.246 e. The van der Waals surface area contributed by atoms with E-state index >= 15 is 0 Å². The summed E-state index contributed by atoms with van der Waals surface area (Å²) in [5.41, 5.74) is 1.69. The predicted molar refractivity (Wildman–Crippen MR) is 110 cm³/mol. The Morgan fingerprint density at radius 2 is 1.90 bits per heavy atom. The van der Waals surface area contributed by atoms with E-state index in [0.717, 1.165) is 26.7 Å². The molecule has 3 heterocycles. The molecule has 0 bridgehead atoms. The molecule has 2 aliphatic rings. The van der Waals surface area contributed by atoms with E-state index in [1.54, 1.807) is 18.2 Å². The number of carbonyl (C=O) groups excluding carboxylic acids is 1. The van der Waals surface area contributed by atoms with Crippen LogP contribution in [-0.2, 0) is 4.79 Å². The number of anilines is 1. The fourth-order valence-corrected chi connectivity index (χ4v) is 4.47. The number of hydrogen-bond acceptors (Lipinski definition) is 6. The average molecular weight is 411 g/mol. The minimum atomic E-state index is -0.252. The molecular weight excluding hydrogens is 393 g/mol. The predicted octanol–water partition coefficient (Wildman–Crippen LogP) is 3.53. The van der Waals surface area contributed by atoms with Crippen molar-refractivity contribution >= 4 is 38.7 Å². The van der Waals surface area contributed by atoms with E-state index in [1.165, 1.54) is 23.5 Å². The third-order valence-electron chi connectivity index (χ3n) is 5.02. The first kappa shape index (κ1) is 17.9. The number of benzene rings is 2.